The highest BCUT2D eigenvalue weighted by atomic mass is 31.2. The molecule has 1 saturated heterocycles. The van der Waals surface area contributed by atoms with Crippen LogP contribution in [0.5, 0.6) is 0 Å². The number of aryl methyl sites for hydroxylation is 1. The molecule has 1 unspecified atom stereocenters. The van der Waals surface area contributed by atoms with Crippen molar-refractivity contribution >= 4 is 20.5 Å². The Morgan fingerprint density at radius 1 is 1.46 bits per heavy atom. The Kier molecular flexibility index (Phi) is 6.44. The summed E-state index contributed by atoms with van der Waals surface area (Å²) >= 11 is 0. The number of aromatic amines is 1. The van der Waals surface area contributed by atoms with E-state index in [9.17, 15) is 28.4 Å². The zero-order valence-electron chi connectivity index (χ0n) is 14.1. The highest BCUT2D eigenvalue weighted by Gasteiger charge is 2.46. The fraction of sp³-hybridized carbons (Fsp3) is 0.545. The van der Waals surface area contributed by atoms with Gasteiger partial charge in [-0.25, -0.2) is 4.79 Å². The van der Waals surface area contributed by atoms with E-state index in [-0.39, 0.29) is 12.0 Å². The van der Waals surface area contributed by atoms with E-state index in [1.807, 2.05) is 0 Å². The molecule has 1 aromatic heterocycles. The number of carbonyl (C=O) groups is 1. The summed E-state index contributed by atoms with van der Waals surface area (Å²) in [4.78, 5) is 66.2. The van der Waals surface area contributed by atoms with Crippen LogP contribution >= 0.6 is 15.2 Å². The molecule has 17 heteroatoms. The van der Waals surface area contributed by atoms with Crippen LogP contribution in [0.15, 0.2) is 20.9 Å². The second kappa shape index (κ2) is 8.11. The van der Waals surface area contributed by atoms with E-state index in [1.165, 1.54) is 13.1 Å². The molecule has 4 atom stereocenters. The molecule has 28 heavy (non-hydrogen) atoms. The summed E-state index contributed by atoms with van der Waals surface area (Å²) in [7, 11) is -10.9. The van der Waals surface area contributed by atoms with Crippen LogP contribution in [-0.4, -0.2) is 48.2 Å². The lowest BCUT2D eigenvalue weighted by molar-refractivity contribution is -0.0235. The molecule has 1 aromatic rings. The monoisotopic (exact) mass is 439 g/mol. The molecular formula is C11H15N5O10P2. The summed E-state index contributed by atoms with van der Waals surface area (Å²) in [5.41, 5.74) is 7.41. The minimum Gasteiger partial charge on any atom is -0.352 e. The van der Waals surface area contributed by atoms with E-state index < -0.39 is 56.7 Å². The number of aromatic nitrogens is 2. The normalized spacial score (nSPS) is 24.4. The van der Waals surface area contributed by atoms with Crippen molar-refractivity contribution in [3.63, 3.8) is 0 Å². The van der Waals surface area contributed by atoms with E-state index in [0.29, 0.717) is 0 Å². The fourth-order valence-electron chi connectivity index (χ4n) is 2.42. The molecular weight excluding hydrogens is 424 g/mol. The number of hydrogen-bond donors (Lipinski definition) is 4. The second-order valence-corrected chi connectivity index (χ2v) is 9.31. The van der Waals surface area contributed by atoms with E-state index in [0.717, 1.165) is 4.57 Å². The minimum atomic E-state index is -5.52. The first kappa shape index (κ1) is 22.2. The minimum absolute atomic E-state index is 0.0777. The smallest absolute Gasteiger partial charge is 0.352 e. The van der Waals surface area contributed by atoms with Crippen molar-refractivity contribution in [1.29, 1.82) is 0 Å². The molecule has 15 nitrogen and oxygen atoms in total. The molecule has 4 N–H and O–H groups in total. The van der Waals surface area contributed by atoms with Gasteiger partial charge in [-0.3, -0.25) is 28.3 Å². The van der Waals surface area contributed by atoms with Crippen molar-refractivity contribution in [3.05, 3.63) is 43.0 Å². The molecule has 0 bridgehead atoms. The number of hydrogen-bond acceptors (Lipinski definition) is 8. The molecule has 1 fully saturated rings. The molecule has 0 aromatic carbocycles. The lowest BCUT2D eigenvalue weighted by Gasteiger charge is -2.18. The average Bonchev–Trinajstić information content (AvgIpc) is 2.98. The molecule has 154 valence electrons. The van der Waals surface area contributed by atoms with Crippen LogP contribution in [0.1, 0.15) is 18.2 Å². The maximum atomic E-state index is 11.9. The van der Waals surface area contributed by atoms with Gasteiger partial charge in [0.1, 0.15) is 6.23 Å². The van der Waals surface area contributed by atoms with Crippen molar-refractivity contribution in [2.75, 3.05) is 6.61 Å². The average molecular weight is 439 g/mol. The van der Waals surface area contributed by atoms with E-state index in [2.05, 4.69) is 19.5 Å². The Labute approximate surface area is 155 Å². The van der Waals surface area contributed by atoms with Crippen molar-refractivity contribution < 1.29 is 37.9 Å². The predicted octanol–water partition coefficient (Wildman–Crippen LogP) is 0.311. The highest BCUT2D eigenvalue weighted by molar-refractivity contribution is 7.97. The lowest BCUT2D eigenvalue weighted by Crippen LogP contribution is -2.33. The molecule has 0 amide bonds. The van der Waals surface area contributed by atoms with Gasteiger partial charge in [0.05, 0.1) is 18.8 Å². The third-order valence-electron chi connectivity index (χ3n) is 3.76. The SMILES string of the molecule is Cc1cn([C@H]2C[C@H](N=[N+]=[N-])[C@@H](COP(=O)(O)C(=O)P(=O)(O)O)O2)c(=O)[nH]c1=O. The summed E-state index contributed by atoms with van der Waals surface area (Å²) in [6, 6.07) is -1.00. The summed E-state index contributed by atoms with van der Waals surface area (Å²) in [6.07, 6.45) is -1.13. The number of carbonyl (C=O) groups excluding carboxylic acids is 1. The first-order valence-corrected chi connectivity index (χ1v) is 10.7. The number of nitrogens with zero attached hydrogens (tertiary/aromatic N) is 4. The zero-order chi connectivity index (χ0) is 21.3. The Hall–Kier alpha value is -2.08. The molecule has 0 radical (unpaired) electrons. The number of ether oxygens (including phenoxy) is 1. The molecule has 0 spiro atoms. The molecule has 1 aliphatic rings. The summed E-state index contributed by atoms with van der Waals surface area (Å²) in [5, 5.41) is 1.13. The second-order valence-electron chi connectivity index (χ2n) is 5.76. The number of azide groups is 1. The van der Waals surface area contributed by atoms with Crippen molar-refractivity contribution in [2.24, 2.45) is 5.11 Å². The number of rotatable bonds is 7. The Morgan fingerprint density at radius 2 is 2.11 bits per heavy atom. The van der Waals surface area contributed by atoms with E-state index >= 15 is 0 Å². The van der Waals surface area contributed by atoms with E-state index in [4.69, 9.17) is 20.1 Å². The molecule has 0 aliphatic carbocycles. The van der Waals surface area contributed by atoms with Gasteiger partial charge in [-0.1, -0.05) is 5.11 Å². The Morgan fingerprint density at radius 3 is 2.68 bits per heavy atom. The van der Waals surface area contributed by atoms with Gasteiger partial charge >= 0.3 is 26.1 Å². The fourth-order valence-corrected chi connectivity index (χ4v) is 4.37. The van der Waals surface area contributed by atoms with E-state index in [1.54, 1.807) is 0 Å². The summed E-state index contributed by atoms with van der Waals surface area (Å²) in [6.45, 7) is 0.599. The van der Waals surface area contributed by atoms with Crippen molar-refractivity contribution in [2.45, 2.75) is 31.7 Å². The lowest BCUT2D eigenvalue weighted by atomic mass is 10.1. The third kappa shape index (κ3) is 4.85. The van der Waals surface area contributed by atoms with Gasteiger partial charge in [0.2, 0.25) is 0 Å². The van der Waals surface area contributed by atoms with Gasteiger partial charge in [-0.2, -0.15) is 0 Å². The highest BCUT2D eigenvalue weighted by Crippen LogP contribution is 2.58. The van der Waals surface area contributed by atoms with Gasteiger partial charge in [0.25, 0.3) is 5.56 Å². The maximum absolute atomic E-state index is 11.9. The van der Waals surface area contributed by atoms with Crippen LogP contribution in [-0.2, 0) is 18.4 Å². The Bertz CT molecular complexity index is 1040. The molecule has 2 heterocycles. The topological polar surface area (TPSA) is 234 Å². The van der Waals surface area contributed by atoms with Gasteiger partial charge in [-0.15, -0.1) is 0 Å². The summed E-state index contributed by atoms with van der Waals surface area (Å²) in [5.74, 6) is 0. The third-order valence-corrected chi connectivity index (χ3v) is 6.79. The number of H-pyrrole nitrogens is 1. The first-order chi connectivity index (χ1) is 12.9. The van der Waals surface area contributed by atoms with Gasteiger partial charge in [0, 0.05) is 23.1 Å². The van der Waals surface area contributed by atoms with Crippen LogP contribution in [0.4, 0.5) is 4.79 Å². The van der Waals surface area contributed by atoms with Gasteiger partial charge < -0.3 is 23.9 Å². The van der Waals surface area contributed by atoms with Crippen LogP contribution in [0.25, 0.3) is 10.4 Å². The van der Waals surface area contributed by atoms with Crippen molar-refractivity contribution in [3.8, 4) is 0 Å². The van der Waals surface area contributed by atoms with Crippen molar-refractivity contribution in [1.82, 2.24) is 9.55 Å². The van der Waals surface area contributed by atoms with Crippen LogP contribution < -0.4 is 11.2 Å². The zero-order valence-corrected chi connectivity index (χ0v) is 15.9. The Balaban J connectivity index is 2.22. The molecule has 1 aliphatic heterocycles. The van der Waals surface area contributed by atoms with Crippen LogP contribution in [0.3, 0.4) is 0 Å². The van der Waals surface area contributed by atoms with Gasteiger partial charge in [-0.05, 0) is 12.5 Å². The number of nitrogens with one attached hydrogen (secondary N) is 1. The quantitative estimate of drug-likeness (QED) is 0.196. The molecule has 2 rings (SSSR count). The largest absolute Gasteiger partial charge is 0.407 e. The van der Waals surface area contributed by atoms with Crippen LogP contribution in [0, 0.1) is 6.92 Å². The van der Waals surface area contributed by atoms with Gasteiger partial charge in [0.15, 0.2) is 0 Å². The van der Waals surface area contributed by atoms with Crippen LogP contribution in [0.2, 0.25) is 0 Å². The first-order valence-electron chi connectivity index (χ1n) is 7.46. The summed E-state index contributed by atoms with van der Waals surface area (Å²) < 4.78 is 33.5. The standard InChI is InChI=1S/C11H15N5O10P2/c1-5-3-16(10(18)13-9(5)17)8-2-6(14-15-12)7(26-8)4-25-28(23,24)11(19)27(20,21)22/h3,6-8H,2,4H2,1H3,(H,23,24)(H,13,17,18)(H2,20,21,22)/t6-,7+,8+/m0/s1. The molecule has 0 saturated carbocycles. The maximum Gasteiger partial charge on any atom is 0.407 e. The predicted molar refractivity (Wildman–Crippen MR) is 90.7 cm³/mol.